The monoisotopic (exact) mass is 364 g/mol. The second-order valence-corrected chi connectivity index (χ2v) is 7.40. The third-order valence-corrected chi connectivity index (χ3v) is 5.21. The molecule has 5 nitrogen and oxygen atoms in total. The first-order valence-electron chi connectivity index (χ1n) is 8.64. The quantitative estimate of drug-likeness (QED) is 0.739. The smallest absolute Gasteiger partial charge is 0.243 e. The molecule has 1 fully saturated rings. The number of nitrogens with zero attached hydrogens (tertiary/aromatic N) is 2. The molecule has 3 aromatic rings. The van der Waals surface area contributed by atoms with Crippen LogP contribution in [0, 0.1) is 13.8 Å². The van der Waals surface area contributed by atoms with Crippen LogP contribution in [0.5, 0.6) is 0 Å². The molecule has 0 radical (unpaired) electrons. The third-order valence-electron chi connectivity index (χ3n) is 4.45. The van der Waals surface area contributed by atoms with E-state index in [4.69, 9.17) is 0 Å². The molecule has 4 rings (SSSR count). The van der Waals surface area contributed by atoms with Gasteiger partial charge in [-0.2, -0.15) is 0 Å². The van der Waals surface area contributed by atoms with Gasteiger partial charge in [-0.1, -0.05) is 18.2 Å². The van der Waals surface area contributed by atoms with Gasteiger partial charge in [0.05, 0.1) is 11.7 Å². The number of aromatic nitrogens is 2. The molecule has 0 aliphatic carbocycles. The highest BCUT2D eigenvalue weighted by Crippen LogP contribution is 2.29. The van der Waals surface area contributed by atoms with E-state index in [1.165, 1.54) is 11.3 Å². The maximum absolute atomic E-state index is 12.0. The number of rotatable bonds is 4. The Morgan fingerprint density at radius 1 is 1.12 bits per heavy atom. The van der Waals surface area contributed by atoms with Crippen LogP contribution < -0.4 is 10.6 Å². The van der Waals surface area contributed by atoms with E-state index in [0.717, 1.165) is 46.7 Å². The van der Waals surface area contributed by atoms with Crippen molar-refractivity contribution in [1.82, 2.24) is 15.3 Å². The molecule has 1 unspecified atom stereocenters. The number of thiazole rings is 1. The van der Waals surface area contributed by atoms with Gasteiger partial charge < -0.3 is 10.6 Å². The van der Waals surface area contributed by atoms with Crippen LogP contribution in [0.25, 0.3) is 22.4 Å². The van der Waals surface area contributed by atoms with Crippen molar-refractivity contribution in [2.24, 2.45) is 0 Å². The lowest BCUT2D eigenvalue weighted by atomic mass is 10.0. The van der Waals surface area contributed by atoms with Crippen molar-refractivity contribution in [2.45, 2.75) is 26.3 Å². The normalized spacial score (nSPS) is 16.2. The van der Waals surface area contributed by atoms with Gasteiger partial charge in [0.15, 0.2) is 5.13 Å². The minimum atomic E-state index is -0.0798. The Labute approximate surface area is 156 Å². The van der Waals surface area contributed by atoms with E-state index in [0.29, 0.717) is 5.13 Å². The second-order valence-electron chi connectivity index (χ2n) is 6.54. The number of hydrogen-bond donors (Lipinski definition) is 2. The molecular weight excluding hydrogens is 344 g/mol. The largest absolute Gasteiger partial charge is 0.306 e. The number of anilines is 1. The van der Waals surface area contributed by atoms with E-state index in [1.807, 2.05) is 31.4 Å². The fraction of sp³-hybridized carbons (Fsp3) is 0.250. The van der Waals surface area contributed by atoms with Gasteiger partial charge in [-0.3, -0.25) is 9.78 Å². The van der Waals surface area contributed by atoms with Crippen molar-refractivity contribution in [3.05, 3.63) is 53.2 Å². The van der Waals surface area contributed by atoms with E-state index in [2.05, 4.69) is 44.9 Å². The van der Waals surface area contributed by atoms with Crippen molar-refractivity contribution < 1.29 is 4.79 Å². The average molecular weight is 364 g/mol. The summed E-state index contributed by atoms with van der Waals surface area (Å²) in [5.41, 5.74) is 6.21. The highest BCUT2D eigenvalue weighted by atomic mass is 32.1. The number of pyridine rings is 1. The highest BCUT2D eigenvalue weighted by molar-refractivity contribution is 7.14. The van der Waals surface area contributed by atoms with Crippen LogP contribution in [-0.2, 0) is 4.79 Å². The summed E-state index contributed by atoms with van der Waals surface area (Å²) in [6.07, 6.45) is 0.886. The molecule has 1 amide bonds. The number of hydrogen-bond acceptors (Lipinski definition) is 5. The summed E-state index contributed by atoms with van der Waals surface area (Å²) < 4.78 is 0. The van der Waals surface area contributed by atoms with Crippen LogP contribution in [0.4, 0.5) is 5.13 Å². The summed E-state index contributed by atoms with van der Waals surface area (Å²) in [5, 5.41) is 8.61. The minimum absolute atomic E-state index is 0.00589. The van der Waals surface area contributed by atoms with Crippen molar-refractivity contribution in [3.63, 3.8) is 0 Å². The minimum Gasteiger partial charge on any atom is -0.306 e. The van der Waals surface area contributed by atoms with Crippen LogP contribution in [0.2, 0.25) is 0 Å². The summed E-state index contributed by atoms with van der Waals surface area (Å²) in [6, 6.07) is 12.4. The van der Waals surface area contributed by atoms with Crippen LogP contribution in [-0.4, -0.2) is 28.5 Å². The standard InChI is InChI=1S/C20H20N4OS/c1-12-8-16(9-13(2)22-12)14-4-3-5-15(10-14)18-11-26-20(23-18)24-19(25)17-6-7-21-17/h3-5,8-11,17,21H,6-7H2,1-2H3,(H,23,24,25). The Bertz CT molecular complexity index is 942. The van der Waals surface area contributed by atoms with Gasteiger partial charge in [-0.15, -0.1) is 11.3 Å². The number of carbonyl (C=O) groups is 1. The Hall–Kier alpha value is -2.57. The van der Waals surface area contributed by atoms with E-state index >= 15 is 0 Å². The van der Waals surface area contributed by atoms with E-state index in [1.54, 1.807) is 0 Å². The average Bonchev–Trinajstić information content (AvgIpc) is 3.01. The SMILES string of the molecule is Cc1cc(-c2cccc(-c3csc(NC(=O)C4CCN4)n3)c2)cc(C)n1. The molecule has 1 atom stereocenters. The predicted octanol–water partition coefficient (Wildman–Crippen LogP) is 3.79. The van der Waals surface area contributed by atoms with Crippen LogP contribution in [0.3, 0.4) is 0 Å². The van der Waals surface area contributed by atoms with Crippen molar-refractivity contribution in [3.8, 4) is 22.4 Å². The molecule has 2 N–H and O–H groups in total. The van der Waals surface area contributed by atoms with Gasteiger partial charge in [0.1, 0.15) is 0 Å². The van der Waals surface area contributed by atoms with Gasteiger partial charge >= 0.3 is 0 Å². The summed E-state index contributed by atoms with van der Waals surface area (Å²) in [7, 11) is 0. The van der Waals surface area contributed by atoms with E-state index in [-0.39, 0.29) is 11.9 Å². The Balaban J connectivity index is 1.57. The fourth-order valence-corrected chi connectivity index (χ4v) is 3.75. The first-order valence-corrected chi connectivity index (χ1v) is 9.52. The third kappa shape index (κ3) is 3.52. The Kier molecular flexibility index (Phi) is 4.53. The molecule has 1 aliphatic heterocycles. The van der Waals surface area contributed by atoms with Crippen LogP contribution in [0.15, 0.2) is 41.8 Å². The molecule has 2 aromatic heterocycles. The number of amides is 1. The number of benzene rings is 1. The number of aryl methyl sites for hydroxylation is 2. The Morgan fingerprint density at radius 3 is 2.54 bits per heavy atom. The molecule has 1 aromatic carbocycles. The summed E-state index contributed by atoms with van der Waals surface area (Å²) in [4.78, 5) is 21.0. The van der Waals surface area contributed by atoms with Crippen molar-refractivity contribution in [1.29, 1.82) is 0 Å². The molecule has 6 heteroatoms. The van der Waals surface area contributed by atoms with Gasteiger partial charge in [0, 0.05) is 22.3 Å². The molecule has 3 heterocycles. The molecular formula is C20H20N4OS. The lowest BCUT2D eigenvalue weighted by molar-refractivity contribution is -0.119. The predicted molar refractivity (Wildman–Crippen MR) is 105 cm³/mol. The molecule has 132 valence electrons. The van der Waals surface area contributed by atoms with Gasteiger partial charge in [0.25, 0.3) is 0 Å². The van der Waals surface area contributed by atoms with Crippen LogP contribution in [0.1, 0.15) is 17.8 Å². The molecule has 0 spiro atoms. The summed E-state index contributed by atoms with van der Waals surface area (Å²) in [6.45, 7) is 4.92. The number of carbonyl (C=O) groups excluding carboxylic acids is 1. The topological polar surface area (TPSA) is 66.9 Å². The lowest BCUT2D eigenvalue weighted by Crippen LogP contribution is -2.50. The molecule has 0 bridgehead atoms. The molecule has 26 heavy (non-hydrogen) atoms. The summed E-state index contributed by atoms with van der Waals surface area (Å²) in [5.74, 6) is -0.00589. The lowest BCUT2D eigenvalue weighted by Gasteiger charge is -2.25. The molecule has 1 aliphatic rings. The van der Waals surface area contributed by atoms with Gasteiger partial charge in [-0.05, 0) is 56.1 Å². The van der Waals surface area contributed by atoms with Gasteiger partial charge in [-0.25, -0.2) is 4.98 Å². The van der Waals surface area contributed by atoms with Crippen molar-refractivity contribution in [2.75, 3.05) is 11.9 Å². The Morgan fingerprint density at radius 2 is 1.85 bits per heavy atom. The molecule has 0 saturated carbocycles. The zero-order valence-electron chi connectivity index (χ0n) is 14.7. The zero-order chi connectivity index (χ0) is 18.1. The first-order chi connectivity index (χ1) is 12.6. The zero-order valence-corrected chi connectivity index (χ0v) is 15.6. The highest BCUT2D eigenvalue weighted by Gasteiger charge is 2.25. The maximum atomic E-state index is 12.0. The van der Waals surface area contributed by atoms with Crippen LogP contribution >= 0.6 is 11.3 Å². The maximum Gasteiger partial charge on any atom is 0.243 e. The van der Waals surface area contributed by atoms with E-state index in [9.17, 15) is 4.79 Å². The summed E-state index contributed by atoms with van der Waals surface area (Å²) >= 11 is 1.45. The van der Waals surface area contributed by atoms with Gasteiger partial charge in [0.2, 0.25) is 5.91 Å². The van der Waals surface area contributed by atoms with E-state index < -0.39 is 0 Å². The first kappa shape index (κ1) is 16.9. The second kappa shape index (κ2) is 6.97. The number of nitrogens with one attached hydrogen (secondary N) is 2. The fourth-order valence-electron chi connectivity index (χ4n) is 3.03. The van der Waals surface area contributed by atoms with Crippen molar-refractivity contribution >= 4 is 22.4 Å². The molecule has 1 saturated heterocycles.